The number of hydrogen-bond acceptors (Lipinski definition) is 4. The van der Waals surface area contributed by atoms with Gasteiger partial charge in [-0.2, -0.15) is 0 Å². The molecule has 2 aliphatic heterocycles. The van der Waals surface area contributed by atoms with E-state index in [1.807, 2.05) is 0 Å². The minimum absolute atomic E-state index is 0.0112. The molecule has 2 bridgehead atoms. The Labute approximate surface area is 112 Å². The van der Waals surface area contributed by atoms with Gasteiger partial charge in [0, 0.05) is 11.8 Å². The first-order valence-electron chi connectivity index (χ1n) is 6.64. The molecule has 3 unspecified atom stereocenters. The number of fused-ring (bicyclic) bond motifs is 2. The SMILES string of the molecule is Nc1cccc(OCC(=O)NC2CC3CCC2O3)c1. The maximum atomic E-state index is 11.8. The Hall–Kier alpha value is -1.75. The number of nitrogen functional groups attached to an aromatic ring is 1. The molecule has 1 aromatic rings. The zero-order chi connectivity index (χ0) is 13.2. The van der Waals surface area contributed by atoms with Crippen molar-refractivity contribution < 1.29 is 14.3 Å². The van der Waals surface area contributed by atoms with Crippen LogP contribution in [0.1, 0.15) is 19.3 Å². The van der Waals surface area contributed by atoms with Gasteiger partial charge in [0.05, 0.1) is 18.2 Å². The van der Waals surface area contributed by atoms with Gasteiger partial charge in [-0.1, -0.05) is 6.07 Å². The van der Waals surface area contributed by atoms with Crippen molar-refractivity contribution in [1.29, 1.82) is 0 Å². The molecule has 0 aromatic heterocycles. The largest absolute Gasteiger partial charge is 0.484 e. The van der Waals surface area contributed by atoms with Crippen molar-refractivity contribution in [3.8, 4) is 5.75 Å². The molecule has 3 rings (SSSR count). The Morgan fingerprint density at radius 2 is 2.37 bits per heavy atom. The second-order valence-electron chi connectivity index (χ2n) is 5.14. The second-order valence-corrected chi connectivity index (χ2v) is 5.14. The van der Waals surface area contributed by atoms with Gasteiger partial charge in [-0.3, -0.25) is 4.79 Å². The van der Waals surface area contributed by atoms with Crippen LogP contribution in [-0.4, -0.2) is 30.8 Å². The lowest BCUT2D eigenvalue weighted by Gasteiger charge is -2.20. The number of nitrogens with two attached hydrogens (primary N) is 1. The van der Waals surface area contributed by atoms with E-state index in [4.69, 9.17) is 15.2 Å². The molecule has 19 heavy (non-hydrogen) atoms. The highest BCUT2D eigenvalue weighted by Crippen LogP contribution is 2.34. The maximum Gasteiger partial charge on any atom is 0.258 e. The Bertz CT molecular complexity index is 478. The smallest absolute Gasteiger partial charge is 0.258 e. The predicted octanol–water partition coefficient (Wildman–Crippen LogP) is 1.08. The number of amides is 1. The van der Waals surface area contributed by atoms with E-state index in [1.165, 1.54) is 0 Å². The summed E-state index contributed by atoms with van der Waals surface area (Å²) in [6.45, 7) is 0.0112. The summed E-state index contributed by atoms with van der Waals surface area (Å²) in [4.78, 5) is 11.8. The summed E-state index contributed by atoms with van der Waals surface area (Å²) in [6, 6.07) is 7.21. The van der Waals surface area contributed by atoms with Gasteiger partial charge in [0.1, 0.15) is 5.75 Å². The van der Waals surface area contributed by atoms with Gasteiger partial charge in [0.25, 0.3) is 5.91 Å². The minimum atomic E-state index is -0.108. The van der Waals surface area contributed by atoms with Gasteiger partial charge in [0.2, 0.25) is 0 Å². The van der Waals surface area contributed by atoms with Crippen LogP contribution in [0.2, 0.25) is 0 Å². The molecule has 2 saturated heterocycles. The molecule has 5 heteroatoms. The molecule has 0 aliphatic carbocycles. The molecular weight excluding hydrogens is 244 g/mol. The van der Waals surface area contributed by atoms with E-state index in [9.17, 15) is 4.79 Å². The van der Waals surface area contributed by atoms with Gasteiger partial charge in [-0.05, 0) is 31.4 Å². The number of rotatable bonds is 4. The van der Waals surface area contributed by atoms with Gasteiger partial charge in [-0.15, -0.1) is 0 Å². The minimum Gasteiger partial charge on any atom is -0.484 e. The highest BCUT2D eigenvalue weighted by atomic mass is 16.5. The molecule has 1 aromatic carbocycles. The molecule has 2 heterocycles. The summed E-state index contributed by atoms with van der Waals surface area (Å²) in [6.07, 6.45) is 3.63. The monoisotopic (exact) mass is 262 g/mol. The first-order valence-corrected chi connectivity index (χ1v) is 6.64. The Balaban J connectivity index is 1.47. The van der Waals surface area contributed by atoms with Crippen LogP contribution in [0.4, 0.5) is 5.69 Å². The fourth-order valence-corrected chi connectivity index (χ4v) is 2.79. The lowest BCUT2D eigenvalue weighted by atomic mass is 9.95. The van der Waals surface area contributed by atoms with E-state index in [-0.39, 0.29) is 24.7 Å². The molecule has 1 amide bonds. The van der Waals surface area contributed by atoms with Gasteiger partial charge < -0.3 is 20.5 Å². The average Bonchev–Trinajstić information content (AvgIpc) is 2.99. The van der Waals surface area contributed by atoms with Crippen molar-refractivity contribution in [2.45, 2.75) is 37.5 Å². The molecule has 3 atom stereocenters. The number of anilines is 1. The average molecular weight is 262 g/mol. The standard InChI is InChI=1S/C14H18N2O3/c15-9-2-1-3-10(6-9)18-8-14(17)16-12-7-11-4-5-13(12)19-11/h1-3,6,11-13H,4-5,7-8,15H2,(H,16,17). The zero-order valence-electron chi connectivity index (χ0n) is 10.7. The van der Waals surface area contributed by atoms with Crippen LogP contribution >= 0.6 is 0 Å². The first-order chi connectivity index (χ1) is 9.20. The maximum absolute atomic E-state index is 11.8. The van der Waals surface area contributed by atoms with Gasteiger partial charge in [0.15, 0.2) is 6.61 Å². The third kappa shape index (κ3) is 2.81. The third-order valence-electron chi connectivity index (χ3n) is 3.68. The van der Waals surface area contributed by atoms with Crippen molar-refractivity contribution in [3.05, 3.63) is 24.3 Å². The molecule has 0 spiro atoms. The van der Waals surface area contributed by atoms with Crippen molar-refractivity contribution in [1.82, 2.24) is 5.32 Å². The van der Waals surface area contributed by atoms with Crippen LogP contribution in [0.5, 0.6) is 5.75 Å². The van der Waals surface area contributed by atoms with Crippen molar-refractivity contribution in [2.75, 3.05) is 12.3 Å². The summed E-state index contributed by atoms with van der Waals surface area (Å²) in [7, 11) is 0. The number of nitrogens with one attached hydrogen (secondary N) is 1. The van der Waals surface area contributed by atoms with E-state index in [0.29, 0.717) is 17.5 Å². The number of carbonyl (C=O) groups is 1. The van der Waals surface area contributed by atoms with Crippen LogP contribution in [0, 0.1) is 0 Å². The summed E-state index contributed by atoms with van der Waals surface area (Å²) < 4.78 is 11.1. The fourth-order valence-electron chi connectivity index (χ4n) is 2.79. The van der Waals surface area contributed by atoms with Crippen LogP contribution in [0.3, 0.4) is 0 Å². The molecule has 2 aliphatic rings. The lowest BCUT2D eigenvalue weighted by molar-refractivity contribution is -0.124. The number of ether oxygens (including phenoxy) is 2. The first kappa shape index (κ1) is 12.3. The molecular formula is C14H18N2O3. The highest BCUT2D eigenvalue weighted by molar-refractivity contribution is 5.78. The van der Waals surface area contributed by atoms with E-state index in [0.717, 1.165) is 19.3 Å². The Morgan fingerprint density at radius 1 is 1.47 bits per heavy atom. The quantitative estimate of drug-likeness (QED) is 0.796. The zero-order valence-corrected chi connectivity index (χ0v) is 10.7. The molecule has 5 nitrogen and oxygen atoms in total. The fraction of sp³-hybridized carbons (Fsp3) is 0.500. The van der Waals surface area contributed by atoms with Crippen molar-refractivity contribution in [2.24, 2.45) is 0 Å². The molecule has 0 saturated carbocycles. The highest BCUT2D eigenvalue weighted by Gasteiger charge is 2.41. The predicted molar refractivity (Wildman–Crippen MR) is 70.8 cm³/mol. The van der Waals surface area contributed by atoms with E-state index >= 15 is 0 Å². The van der Waals surface area contributed by atoms with Crippen LogP contribution < -0.4 is 15.8 Å². The number of carbonyl (C=O) groups excluding carboxylic acids is 1. The number of benzene rings is 1. The second kappa shape index (κ2) is 5.09. The van der Waals surface area contributed by atoms with Crippen LogP contribution in [0.15, 0.2) is 24.3 Å². The summed E-state index contributed by atoms with van der Waals surface area (Å²) in [5, 5.41) is 2.97. The van der Waals surface area contributed by atoms with Gasteiger partial charge >= 0.3 is 0 Å². The van der Waals surface area contributed by atoms with Crippen LogP contribution in [-0.2, 0) is 9.53 Å². The number of hydrogen-bond donors (Lipinski definition) is 2. The van der Waals surface area contributed by atoms with E-state index in [2.05, 4.69) is 5.32 Å². The Morgan fingerprint density at radius 3 is 3.05 bits per heavy atom. The van der Waals surface area contributed by atoms with E-state index < -0.39 is 0 Å². The summed E-state index contributed by atoms with van der Waals surface area (Å²) in [5.74, 6) is 0.503. The topological polar surface area (TPSA) is 73.6 Å². The Kier molecular flexibility index (Phi) is 3.29. The molecule has 102 valence electrons. The third-order valence-corrected chi connectivity index (χ3v) is 3.68. The van der Waals surface area contributed by atoms with Crippen molar-refractivity contribution >= 4 is 11.6 Å². The van der Waals surface area contributed by atoms with Crippen molar-refractivity contribution in [3.63, 3.8) is 0 Å². The summed E-state index contributed by atoms with van der Waals surface area (Å²) in [5.41, 5.74) is 6.27. The summed E-state index contributed by atoms with van der Waals surface area (Å²) >= 11 is 0. The molecule has 3 N–H and O–H groups in total. The van der Waals surface area contributed by atoms with Gasteiger partial charge in [-0.25, -0.2) is 0 Å². The normalized spacial score (nSPS) is 28.3. The van der Waals surface area contributed by atoms with Crippen LogP contribution in [0.25, 0.3) is 0 Å². The molecule has 2 fully saturated rings. The molecule has 0 radical (unpaired) electrons. The van der Waals surface area contributed by atoms with E-state index in [1.54, 1.807) is 24.3 Å². The lowest BCUT2D eigenvalue weighted by Crippen LogP contribution is -2.43.